The summed E-state index contributed by atoms with van der Waals surface area (Å²) in [5.41, 5.74) is 12.0. The number of halogens is 1. The number of aliphatic imine (C=N–C) groups is 1. The smallest absolute Gasteiger partial charge is 0.156 e. The number of rotatable bonds is 2. The first-order valence-electron chi connectivity index (χ1n) is 13.5. The second kappa shape index (κ2) is 9.14. The van der Waals surface area contributed by atoms with Crippen LogP contribution in [-0.2, 0) is 5.66 Å². The summed E-state index contributed by atoms with van der Waals surface area (Å²) in [4.78, 5) is 5.49. The van der Waals surface area contributed by atoms with E-state index < -0.39 is 5.66 Å². The molecule has 1 aromatic heterocycles. The van der Waals surface area contributed by atoms with Crippen molar-refractivity contribution in [1.29, 1.82) is 0 Å². The van der Waals surface area contributed by atoms with Crippen LogP contribution in [0.15, 0.2) is 82.8 Å². The van der Waals surface area contributed by atoms with E-state index in [0.29, 0.717) is 5.03 Å². The highest BCUT2D eigenvalue weighted by Crippen LogP contribution is 2.41. The average molecular weight is 532 g/mol. The molecule has 0 saturated carbocycles. The Labute approximate surface area is 235 Å². The van der Waals surface area contributed by atoms with Crippen LogP contribution in [0.2, 0.25) is 0 Å². The van der Waals surface area contributed by atoms with Crippen molar-refractivity contribution in [1.82, 2.24) is 9.88 Å². The number of para-hydroxylation sites is 2. The first kappa shape index (κ1) is 25.5. The lowest BCUT2D eigenvalue weighted by molar-refractivity contribution is 0.439. The van der Waals surface area contributed by atoms with E-state index in [1.807, 2.05) is 0 Å². The molecule has 0 aliphatic carbocycles. The number of benzene rings is 4. The molecule has 5 aromatic rings. The monoisotopic (exact) mass is 531 g/mol. The molecule has 196 valence electrons. The Morgan fingerprint density at radius 2 is 1.15 bits per heavy atom. The lowest BCUT2D eigenvalue weighted by Crippen LogP contribution is -2.43. The SMILES string of the molecule is Cc1cc(C)c(C2=C(Cl)C(n3c4ccccc4c4ccccc43)=NC(C)(c3c(C)cc(C)cc3C)N2)c(C)c1. The minimum absolute atomic E-state index is 0.622. The summed E-state index contributed by atoms with van der Waals surface area (Å²) in [5, 5.41) is 6.85. The van der Waals surface area contributed by atoms with E-state index in [2.05, 4.69) is 131 Å². The number of hydrogen-bond acceptors (Lipinski definition) is 2. The first-order chi connectivity index (χ1) is 18.6. The molecule has 2 heterocycles. The molecule has 39 heavy (non-hydrogen) atoms. The molecule has 0 fully saturated rings. The van der Waals surface area contributed by atoms with E-state index in [1.54, 1.807) is 0 Å². The van der Waals surface area contributed by atoms with Gasteiger partial charge in [-0.1, -0.05) is 83.4 Å². The predicted molar refractivity (Wildman–Crippen MR) is 167 cm³/mol. The Morgan fingerprint density at radius 1 is 0.692 bits per heavy atom. The molecule has 1 aliphatic rings. The fraction of sp³-hybridized carbons (Fsp3) is 0.229. The molecule has 4 aromatic carbocycles. The van der Waals surface area contributed by atoms with Gasteiger partial charge in [0.05, 0.1) is 16.7 Å². The van der Waals surface area contributed by atoms with Crippen LogP contribution >= 0.6 is 11.6 Å². The van der Waals surface area contributed by atoms with Crippen LogP contribution < -0.4 is 5.32 Å². The van der Waals surface area contributed by atoms with Gasteiger partial charge in [0, 0.05) is 21.9 Å². The number of fused-ring (bicyclic) bond motifs is 3. The van der Waals surface area contributed by atoms with E-state index in [-0.39, 0.29) is 0 Å². The van der Waals surface area contributed by atoms with Gasteiger partial charge in [0.2, 0.25) is 0 Å². The fourth-order valence-electron chi connectivity index (χ4n) is 6.81. The quantitative estimate of drug-likeness (QED) is 0.242. The maximum atomic E-state index is 7.44. The highest BCUT2D eigenvalue weighted by atomic mass is 35.5. The molecule has 3 nitrogen and oxygen atoms in total. The van der Waals surface area contributed by atoms with E-state index in [4.69, 9.17) is 16.6 Å². The number of aryl methyl sites for hydroxylation is 6. The topological polar surface area (TPSA) is 29.3 Å². The zero-order chi connectivity index (χ0) is 27.6. The predicted octanol–water partition coefficient (Wildman–Crippen LogP) is 8.98. The van der Waals surface area contributed by atoms with Gasteiger partial charge in [-0.25, -0.2) is 4.99 Å². The number of nitrogens with zero attached hydrogens (tertiary/aromatic N) is 2. The number of hydrogen-bond donors (Lipinski definition) is 1. The zero-order valence-electron chi connectivity index (χ0n) is 23.7. The maximum absolute atomic E-state index is 7.44. The number of aromatic nitrogens is 1. The van der Waals surface area contributed by atoms with Crippen LogP contribution in [-0.4, -0.2) is 10.4 Å². The minimum atomic E-state index is -0.735. The molecule has 0 saturated heterocycles. The first-order valence-corrected chi connectivity index (χ1v) is 13.9. The van der Waals surface area contributed by atoms with Gasteiger partial charge < -0.3 is 5.32 Å². The van der Waals surface area contributed by atoms with Gasteiger partial charge in [0.25, 0.3) is 0 Å². The fourth-order valence-corrected chi connectivity index (χ4v) is 7.08. The third-order valence-corrected chi connectivity index (χ3v) is 8.35. The van der Waals surface area contributed by atoms with Crippen LogP contribution in [0.5, 0.6) is 0 Å². The normalized spacial score (nSPS) is 17.6. The third kappa shape index (κ3) is 3.99. The summed E-state index contributed by atoms with van der Waals surface area (Å²) < 4.78 is 2.24. The van der Waals surface area contributed by atoms with Gasteiger partial charge in [-0.3, -0.25) is 4.57 Å². The van der Waals surface area contributed by atoms with Crippen LogP contribution in [0.1, 0.15) is 51.4 Å². The minimum Gasteiger partial charge on any atom is -0.356 e. The Morgan fingerprint density at radius 3 is 1.67 bits per heavy atom. The average Bonchev–Trinajstić information content (AvgIpc) is 3.19. The number of nitrogens with one attached hydrogen (secondary N) is 1. The molecule has 0 amide bonds. The molecule has 1 atom stereocenters. The molecular weight excluding hydrogens is 498 g/mol. The maximum Gasteiger partial charge on any atom is 0.156 e. The Bertz CT molecular complexity index is 1770. The van der Waals surface area contributed by atoms with E-state index in [0.717, 1.165) is 28.1 Å². The molecule has 1 aliphatic heterocycles. The van der Waals surface area contributed by atoms with E-state index in [1.165, 1.54) is 49.7 Å². The van der Waals surface area contributed by atoms with E-state index in [9.17, 15) is 0 Å². The summed E-state index contributed by atoms with van der Waals surface area (Å²) in [6, 6.07) is 26.0. The highest BCUT2D eigenvalue weighted by molar-refractivity contribution is 6.47. The van der Waals surface area contributed by atoms with E-state index >= 15 is 0 Å². The summed E-state index contributed by atoms with van der Waals surface area (Å²) in [5.74, 6) is 0.754. The van der Waals surface area contributed by atoms with Crippen molar-refractivity contribution in [2.24, 2.45) is 4.99 Å². The van der Waals surface area contributed by atoms with Crippen LogP contribution in [0.3, 0.4) is 0 Å². The van der Waals surface area contributed by atoms with Crippen molar-refractivity contribution in [2.45, 2.75) is 54.1 Å². The second-order valence-corrected chi connectivity index (χ2v) is 11.6. The highest BCUT2D eigenvalue weighted by Gasteiger charge is 2.38. The van der Waals surface area contributed by atoms with Crippen molar-refractivity contribution < 1.29 is 0 Å². The molecule has 6 rings (SSSR count). The van der Waals surface area contributed by atoms with Crippen molar-refractivity contribution in [2.75, 3.05) is 0 Å². The largest absolute Gasteiger partial charge is 0.356 e. The van der Waals surface area contributed by atoms with Crippen LogP contribution in [0.4, 0.5) is 0 Å². The second-order valence-electron chi connectivity index (χ2n) is 11.2. The van der Waals surface area contributed by atoms with Gasteiger partial charge in [-0.2, -0.15) is 0 Å². The van der Waals surface area contributed by atoms with Crippen molar-refractivity contribution in [3.8, 4) is 0 Å². The van der Waals surface area contributed by atoms with Gasteiger partial charge >= 0.3 is 0 Å². The molecule has 1 N–H and O–H groups in total. The Balaban J connectivity index is 1.74. The molecule has 1 unspecified atom stereocenters. The van der Waals surface area contributed by atoms with Gasteiger partial charge in [-0.05, 0) is 82.9 Å². The number of allylic oxidation sites excluding steroid dienone is 1. The van der Waals surface area contributed by atoms with Gasteiger partial charge in [-0.15, -0.1) is 0 Å². The molecule has 4 heteroatoms. The molecule has 0 spiro atoms. The Kier molecular flexibility index (Phi) is 5.96. The van der Waals surface area contributed by atoms with Crippen molar-refractivity contribution in [3.05, 3.63) is 122 Å². The third-order valence-electron chi connectivity index (χ3n) is 8.00. The molecule has 0 bridgehead atoms. The summed E-state index contributed by atoms with van der Waals surface area (Å²) in [6.45, 7) is 15.2. The van der Waals surface area contributed by atoms with Gasteiger partial charge in [0.1, 0.15) is 5.03 Å². The summed E-state index contributed by atoms with van der Waals surface area (Å²) >= 11 is 7.44. The Hall–Kier alpha value is -3.82. The molecular formula is C35H34ClN3. The lowest BCUT2D eigenvalue weighted by Gasteiger charge is -2.38. The van der Waals surface area contributed by atoms with Gasteiger partial charge in [0.15, 0.2) is 11.5 Å². The standard InChI is InChI=1S/C35H34ClN3/c1-20-16-22(3)30(23(4)17-20)33-32(36)34(38-35(7,37-33)31-24(5)18-21(2)19-25(31)6)39-28-14-10-8-12-26(28)27-13-9-11-15-29(27)39/h8-19,37H,1-7H3. The van der Waals surface area contributed by atoms with Crippen molar-refractivity contribution >= 4 is 44.9 Å². The van der Waals surface area contributed by atoms with Crippen molar-refractivity contribution in [3.63, 3.8) is 0 Å². The zero-order valence-corrected chi connectivity index (χ0v) is 24.5. The lowest BCUT2D eigenvalue weighted by atomic mass is 9.88. The van der Waals surface area contributed by atoms with Crippen LogP contribution in [0.25, 0.3) is 27.5 Å². The summed E-state index contributed by atoms with van der Waals surface area (Å²) in [7, 11) is 0. The molecule has 0 radical (unpaired) electrons. The van der Waals surface area contributed by atoms with Crippen LogP contribution in [0, 0.1) is 41.5 Å². The summed E-state index contributed by atoms with van der Waals surface area (Å²) in [6.07, 6.45) is 0.